The van der Waals surface area contributed by atoms with Gasteiger partial charge in [0.25, 0.3) is 0 Å². The van der Waals surface area contributed by atoms with Gasteiger partial charge in [-0.05, 0) is 62.6 Å². The Morgan fingerprint density at radius 2 is 2.04 bits per heavy atom. The first-order valence-electron chi connectivity index (χ1n) is 8.17. The summed E-state index contributed by atoms with van der Waals surface area (Å²) in [5.74, 6) is -0.597. The van der Waals surface area contributed by atoms with Crippen molar-refractivity contribution in [3.63, 3.8) is 0 Å². The van der Waals surface area contributed by atoms with Gasteiger partial charge < -0.3 is 13.7 Å². The lowest BCUT2D eigenvalue weighted by molar-refractivity contribution is -0.149. The van der Waals surface area contributed by atoms with Crippen molar-refractivity contribution in [1.82, 2.24) is 4.57 Å². The molecule has 0 aliphatic carbocycles. The van der Waals surface area contributed by atoms with Gasteiger partial charge in [-0.25, -0.2) is 0 Å². The largest absolute Gasteiger partial charge is 0.462 e. The number of fused-ring (bicyclic) bond motifs is 1. The fraction of sp³-hybridized carbons (Fsp3) is 0.444. The SMILES string of the molecule is CC(C)OC(=O)C1CCCCn2c(C(=O)c3ccc(Cl)o3)ccc21. The molecule has 0 N–H and O–H groups in total. The van der Waals surface area contributed by atoms with Gasteiger partial charge in [0.05, 0.1) is 17.7 Å². The molecule has 1 aliphatic rings. The van der Waals surface area contributed by atoms with Gasteiger partial charge in [-0.1, -0.05) is 6.42 Å². The average molecular weight is 350 g/mol. The molecule has 0 fully saturated rings. The van der Waals surface area contributed by atoms with Crippen LogP contribution in [0.4, 0.5) is 0 Å². The molecule has 1 atom stereocenters. The highest BCUT2D eigenvalue weighted by Crippen LogP contribution is 2.31. The quantitative estimate of drug-likeness (QED) is 0.613. The zero-order valence-corrected chi connectivity index (χ0v) is 14.5. The van der Waals surface area contributed by atoms with E-state index in [1.165, 1.54) is 0 Å². The maximum absolute atomic E-state index is 12.7. The third-order valence-electron chi connectivity index (χ3n) is 4.16. The van der Waals surface area contributed by atoms with Crippen LogP contribution < -0.4 is 0 Å². The minimum atomic E-state index is -0.336. The minimum Gasteiger partial charge on any atom is -0.462 e. The molecular formula is C18H20ClNO4. The molecule has 1 aliphatic heterocycles. The summed E-state index contributed by atoms with van der Waals surface area (Å²) in [4.78, 5) is 25.1. The van der Waals surface area contributed by atoms with Crippen molar-refractivity contribution in [2.24, 2.45) is 0 Å². The Balaban J connectivity index is 1.94. The Hall–Kier alpha value is -2.01. The van der Waals surface area contributed by atoms with Gasteiger partial charge in [0.1, 0.15) is 0 Å². The number of aromatic nitrogens is 1. The van der Waals surface area contributed by atoms with E-state index < -0.39 is 0 Å². The molecule has 0 radical (unpaired) electrons. The first-order chi connectivity index (χ1) is 11.5. The summed E-state index contributed by atoms with van der Waals surface area (Å²) in [6.07, 6.45) is 2.40. The summed E-state index contributed by atoms with van der Waals surface area (Å²) in [6, 6.07) is 6.69. The van der Waals surface area contributed by atoms with Crippen molar-refractivity contribution in [2.75, 3.05) is 0 Å². The molecule has 128 valence electrons. The number of ketones is 1. The van der Waals surface area contributed by atoms with Crippen LogP contribution in [0.2, 0.25) is 5.22 Å². The molecule has 0 bridgehead atoms. The molecule has 0 amide bonds. The molecular weight excluding hydrogens is 330 g/mol. The molecule has 5 nitrogen and oxygen atoms in total. The highest BCUT2D eigenvalue weighted by atomic mass is 35.5. The zero-order chi connectivity index (χ0) is 17.3. The Morgan fingerprint density at radius 3 is 2.71 bits per heavy atom. The van der Waals surface area contributed by atoms with Crippen LogP contribution in [0, 0.1) is 0 Å². The number of esters is 1. The lowest BCUT2D eigenvalue weighted by atomic mass is 10.00. The van der Waals surface area contributed by atoms with Crippen LogP contribution in [0.3, 0.4) is 0 Å². The van der Waals surface area contributed by atoms with Gasteiger partial charge >= 0.3 is 5.97 Å². The molecule has 3 rings (SSSR count). The molecule has 3 heterocycles. The molecule has 6 heteroatoms. The predicted molar refractivity (Wildman–Crippen MR) is 89.4 cm³/mol. The summed E-state index contributed by atoms with van der Waals surface area (Å²) in [5, 5.41) is 0.180. The molecule has 2 aromatic rings. The van der Waals surface area contributed by atoms with E-state index in [-0.39, 0.29) is 34.8 Å². The van der Waals surface area contributed by atoms with E-state index in [2.05, 4.69) is 0 Å². The summed E-state index contributed by atoms with van der Waals surface area (Å²) in [7, 11) is 0. The number of hydrogen-bond acceptors (Lipinski definition) is 4. The third kappa shape index (κ3) is 3.26. The van der Waals surface area contributed by atoms with Gasteiger partial charge in [-0.2, -0.15) is 0 Å². The van der Waals surface area contributed by atoms with E-state index in [1.807, 2.05) is 24.5 Å². The lowest BCUT2D eigenvalue weighted by Gasteiger charge is -2.17. The summed E-state index contributed by atoms with van der Waals surface area (Å²) < 4.78 is 12.5. The van der Waals surface area contributed by atoms with E-state index in [0.29, 0.717) is 12.2 Å². The van der Waals surface area contributed by atoms with Crippen LogP contribution in [-0.2, 0) is 16.1 Å². The number of ether oxygens (including phenoxy) is 1. The smallest absolute Gasteiger partial charge is 0.315 e. The maximum Gasteiger partial charge on any atom is 0.315 e. The van der Waals surface area contributed by atoms with Gasteiger partial charge in [0.2, 0.25) is 5.78 Å². The van der Waals surface area contributed by atoms with Gasteiger partial charge in [-0.3, -0.25) is 9.59 Å². The van der Waals surface area contributed by atoms with Crippen molar-refractivity contribution in [3.05, 3.63) is 46.6 Å². The topological polar surface area (TPSA) is 61.4 Å². The summed E-state index contributed by atoms with van der Waals surface area (Å²) >= 11 is 5.76. The molecule has 24 heavy (non-hydrogen) atoms. The van der Waals surface area contributed by atoms with Crippen LogP contribution in [0.5, 0.6) is 0 Å². The first-order valence-corrected chi connectivity index (χ1v) is 8.55. The number of halogens is 1. The number of carbonyl (C=O) groups is 2. The van der Waals surface area contributed by atoms with Crippen molar-refractivity contribution < 1.29 is 18.7 Å². The summed E-state index contributed by atoms with van der Waals surface area (Å²) in [6.45, 7) is 4.37. The molecule has 0 aromatic carbocycles. The zero-order valence-electron chi connectivity index (χ0n) is 13.8. The van der Waals surface area contributed by atoms with Crippen LogP contribution in [0.15, 0.2) is 28.7 Å². The van der Waals surface area contributed by atoms with E-state index in [9.17, 15) is 9.59 Å². The Bertz CT molecular complexity index is 759. The van der Waals surface area contributed by atoms with Crippen molar-refractivity contribution in [2.45, 2.75) is 51.7 Å². The van der Waals surface area contributed by atoms with E-state index in [4.69, 9.17) is 20.8 Å². The van der Waals surface area contributed by atoms with Crippen molar-refractivity contribution in [1.29, 1.82) is 0 Å². The van der Waals surface area contributed by atoms with Gasteiger partial charge in [0.15, 0.2) is 11.0 Å². The third-order valence-corrected chi connectivity index (χ3v) is 4.37. The highest BCUT2D eigenvalue weighted by Gasteiger charge is 2.30. The van der Waals surface area contributed by atoms with Crippen LogP contribution in [0.1, 0.15) is 61.0 Å². The highest BCUT2D eigenvalue weighted by molar-refractivity contribution is 6.29. The first kappa shape index (κ1) is 16.8. The Kier molecular flexibility index (Phi) is 4.81. The Labute approximate surface area is 145 Å². The van der Waals surface area contributed by atoms with Crippen LogP contribution >= 0.6 is 11.6 Å². The second kappa shape index (κ2) is 6.85. The van der Waals surface area contributed by atoms with E-state index in [1.54, 1.807) is 18.2 Å². The Morgan fingerprint density at radius 1 is 1.25 bits per heavy atom. The maximum atomic E-state index is 12.7. The van der Waals surface area contributed by atoms with Crippen molar-refractivity contribution >= 4 is 23.4 Å². The normalized spacial score (nSPS) is 17.4. The summed E-state index contributed by atoms with van der Waals surface area (Å²) in [5.41, 5.74) is 1.35. The number of rotatable bonds is 4. The van der Waals surface area contributed by atoms with Crippen LogP contribution in [0.25, 0.3) is 0 Å². The fourth-order valence-corrected chi connectivity index (χ4v) is 3.26. The van der Waals surface area contributed by atoms with Crippen molar-refractivity contribution in [3.8, 4) is 0 Å². The molecule has 2 aromatic heterocycles. The molecule has 0 saturated heterocycles. The van der Waals surface area contributed by atoms with Crippen LogP contribution in [-0.4, -0.2) is 22.4 Å². The van der Waals surface area contributed by atoms with Gasteiger partial charge in [-0.15, -0.1) is 0 Å². The van der Waals surface area contributed by atoms with Gasteiger partial charge in [0, 0.05) is 12.2 Å². The standard InChI is InChI=1S/C18H20ClNO4/c1-11(2)23-18(22)12-5-3-4-10-20-13(12)6-7-14(20)17(21)15-8-9-16(19)24-15/h6-9,11-12H,3-5,10H2,1-2H3. The second-order valence-corrected chi connectivity index (χ2v) is 6.63. The van der Waals surface area contributed by atoms with E-state index in [0.717, 1.165) is 25.0 Å². The second-order valence-electron chi connectivity index (χ2n) is 6.26. The lowest BCUT2D eigenvalue weighted by Crippen LogP contribution is -2.21. The number of hydrogen-bond donors (Lipinski definition) is 0. The number of nitrogens with zero attached hydrogens (tertiary/aromatic N) is 1. The van der Waals surface area contributed by atoms with E-state index >= 15 is 0 Å². The predicted octanol–water partition coefficient (Wildman–Crippen LogP) is 4.18. The molecule has 0 spiro atoms. The molecule has 1 unspecified atom stereocenters. The minimum absolute atomic E-state index is 0.157. The molecule has 0 saturated carbocycles. The fourth-order valence-electron chi connectivity index (χ4n) is 3.12. The average Bonchev–Trinajstić information content (AvgIpc) is 3.07. The number of carbonyl (C=O) groups excluding carboxylic acids is 2. The number of furan rings is 1. The monoisotopic (exact) mass is 349 g/mol.